The Morgan fingerprint density at radius 3 is 2.63 bits per heavy atom. The molecule has 1 aliphatic rings. The van der Waals surface area contributed by atoms with Gasteiger partial charge < -0.3 is 15.4 Å². The highest BCUT2D eigenvalue weighted by molar-refractivity contribution is 5.95. The van der Waals surface area contributed by atoms with Crippen molar-refractivity contribution in [3.63, 3.8) is 0 Å². The van der Waals surface area contributed by atoms with Gasteiger partial charge in [0.1, 0.15) is 5.75 Å². The molecule has 2 rings (SSSR count). The third-order valence-corrected chi connectivity index (χ3v) is 3.51. The van der Waals surface area contributed by atoms with Crippen LogP contribution in [0, 0.1) is 5.92 Å². The van der Waals surface area contributed by atoms with Gasteiger partial charge in [-0.05, 0) is 50.8 Å². The molecule has 1 fully saturated rings. The molecule has 4 heteroatoms. The number of rotatable bonds is 5. The minimum atomic E-state index is 0.0521. The van der Waals surface area contributed by atoms with Crippen LogP contribution in [0.3, 0.4) is 0 Å². The summed E-state index contributed by atoms with van der Waals surface area (Å²) in [5.41, 5.74) is 7.00. The molecule has 104 valence electrons. The lowest BCUT2D eigenvalue weighted by molar-refractivity contribution is 0.0696. The van der Waals surface area contributed by atoms with Crippen LogP contribution in [0.5, 0.6) is 5.75 Å². The van der Waals surface area contributed by atoms with Gasteiger partial charge in [0.2, 0.25) is 0 Å². The number of nitrogen functional groups attached to an aromatic ring is 1. The summed E-state index contributed by atoms with van der Waals surface area (Å²) in [6.07, 6.45) is 2.47. The van der Waals surface area contributed by atoms with Gasteiger partial charge >= 0.3 is 0 Å². The van der Waals surface area contributed by atoms with Crippen LogP contribution >= 0.6 is 0 Å². The van der Waals surface area contributed by atoms with Gasteiger partial charge in [-0.3, -0.25) is 4.79 Å². The molecule has 0 spiro atoms. The molecule has 0 saturated heterocycles. The second-order valence-corrected chi connectivity index (χ2v) is 5.45. The van der Waals surface area contributed by atoms with Gasteiger partial charge in [0.05, 0.1) is 12.8 Å². The van der Waals surface area contributed by atoms with Crippen molar-refractivity contribution in [2.24, 2.45) is 5.92 Å². The van der Waals surface area contributed by atoms with Crippen LogP contribution in [0.4, 0.5) is 5.69 Å². The van der Waals surface area contributed by atoms with Crippen LogP contribution in [-0.2, 0) is 0 Å². The lowest BCUT2D eigenvalue weighted by Crippen LogP contribution is -2.38. The number of ether oxygens (including phenoxy) is 1. The zero-order valence-electron chi connectivity index (χ0n) is 11.8. The molecule has 1 aromatic rings. The summed E-state index contributed by atoms with van der Waals surface area (Å²) in [6.45, 7) is 4.95. The third kappa shape index (κ3) is 3.19. The first-order valence-electron chi connectivity index (χ1n) is 6.77. The number of anilines is 1. The van der Waals surface area contributed by atoms with Crippen molar-refractivity contribution >= 4 is 11.6 Å². The first kappa shape index (κ1) is 13.7. The van der Waals surface area contributed by atoms with Crippen LogP contribution < -0.4 is 10.5 Å². The standard InChI is InChI=1S/C15H22N2O2/c1-10(2)17(9-11-4-5-11)15(18)12-6-7-14(19-3)13(16)8-12/h6-8,10-11H,4-5,9,16H2,1-3H3. The topological polar surface area (TPSA) is 55.6 Å². The lowest BCUT2D eigenvalue weighted by Gasteiger charge is -2.27. The molecule has 0 unspecified atom stereocenters. The average Bonchev–Trinajstić information content (AvgIpc) is 3.18. The second kappa shape index (κ2) is 5.51. The van der Waals surface area contributed by atoms with Gasteiger partial charge in [0, 0.05) is 18.2 Å². The van der Waals surface area contributed by atoms with E-state index in [4.69, 9.17) is 10.5 Å². The van der Waals surface area contributed by atoms with E-state index in [1.807, 2.05) is 18.7 Å². The zero-order chi connectivity index (χ0) is 14.0. The molecule has 4 nitrogen and oxygen atoms in total. The molecule has 1 saturated carbocycles. The van der Waals surface area contributed by atoms with E-state index >= 15 is 0 Å². The number of benzene rings is 1. The number of nitrogens with two attached hydrogens (primary N) is 1. The van der Waals surface area contributed by atoms with Gasteiger partial charge in [-0.1, -0.05) is 0 Å². The Labute approximate surface area is 114 Å². The van der Waals surface area contributed by atoms with E-state index in [2.05, 4.69) is 0 Å². The van der Waals surface area contributed by atoms with E-state index in [1.54, 1.807) is 25.3 Å². The van der Waals surface area contributed by atoms with Crippen molar-refractivity contribution in [1.29, 1.82) is 0 Å². The Balaban J connectivity index is 2.18. The number of hydrogen-bond donors (Lipinski definition) is 1. The van der Waals surface area contributed by atoms with Gasteiger partial charge in [0.15, 0.2) is 0 Å². The maximum absolute atomic E-state index is 12.5. The summed E-state index contributed by atoms with van der Waals surface area (Å²) in [5.74, 6) is 1.34. The Morgan fingerprint density at radius 2 is 2.16 bits per heavy atom. The minimum absolute atomic E-state index is 0.0521. The molecular weight excluding hydrogens is 240 g/mol. The molecule has 2 N–H and O–H groups in total. The Morgan fingerprint density at radius 1 is 1.47 bits per heavy atom. The van der Waals surface area contributed by atoms with Crippen LogP contribution in [-0.4, -0.2) is 30.5 Å². The highest BCUT2D eigenvalue weighted by Crippen LogP contribution is 2.31. The lowest BCUT2D eigenvalue weighted by atomic mass is 10.1. The molecule has 19 heavy (non-hydrogen) atoms. The van der Waals surface area contributed by atoms with Crippen molar-refractivity contribution in [3.8, 4) is 5.75 Å². The largest absolute Gasteiger partial charge is 0.495 e. The van der Waals surface area contributed by atoms with Crippen LogP contribution in [0.25, 0.3) is 0 Å². The van der Waals surface area contributed by atoms with Crippen molar-refractivity contribution < 1.29 is 9.53 Å². The maximum atomic E-state index is 12.5. The fourth-order valence-electron chi connectivity index (χ4n) is 2.14. The SMILES string of the molecule is COc1ccc(C(=O)N(CC2CC2)C(C)C)cc1N. The fourth-order valence-corrected chi connectivity index (χ4v) is 2.14. The highest BCUT2D eigenvalue weighted by atomic mass is 16.5. The normalized spacial score (nSPS) is 14.5. The van der Waals surface area contributed by atoms with E-state index in [0.29, 0.717) is 22.9 Å². The van der Waals surface area contributed by atoms with Crippen molar-refractivity contribution in [3.05, 3.63) is 23.8 Å². The third-order valence-electron chi connectivity index (χ3n) is 3.51. The number of carbonyl (C=O) groups excluding carboxylic acids is 1. The summed E-state index contributed by atoms with van der Waals surface area (Å²) in [4.78, 5) is 14.5. The van der Waals surface area contributed by atoms with Crippen molar-refractivity contribution in [1.82, 2.24) is 4.90 Å². The van der Waals surface area contributed by atoms with E-state index in [1.165, 1.54) is 12.8 Å². The van der Waals surface area contributed by atoms with Gasteiger partial charge in [-0.15, -0.1) is 0 Å². The number of nitrogens with zero attached hydrogens (tertiary/aromatic N) is 1. The molecule has 1 aliphatic carbocycles. The molecular formula is C15H22N2O2. The van der Waals surface area contributed by atoms with Crippen LogP contribution in [0.15, 0.2) is 18.2 Å². The number of amides is 1. The second-order valence-electron chi connectivity index (χ2n) is 5.45. The first-order chi connectivity index (χ1) is 9.02. The molecule has 0 atom stereocenters. The van der Waals surface area contributed by atoms with Crippen molar-refractivity contribution in [2.75, 3.05) is 19.4 Å². The zero-order valence-corrected chi connectivity index (χ0v) is 11.8. The maximum Gasteiger partial charge on any atom is 0.254 e. The Hall–Kier alpha value is -1.71. The molecule has 1 amide bonds. The monoisotopic (exact) mass is 262 g/mol. The molecule has 1 aromatic carbocycles. The number of hydrogen-bond acceptors (Lipinski definition) is 3. The fraction of sp³-hybridized carbons (Fsp3) is 0.533. The van der Waals surface area contributed by atoms with Gasteiger partial charge in [0.25, 0.3) is 5.91 Å². The molecule has 0 aliphatic heterocycles. The summed E-state index contributed by atoms with van der Waals surface area (Å²) in [5, 5.41) is 0. The summed E-state index contributed by atoms with van der Waals surface area (Å²) < 4.78 is 5.11. The summed E-state index contributed by atoms with van der Waals surface area (Å²) >= 11 is 0. The van der Waals surface area contributed by atoms with Crippen molar-refractivity contribution in [2.45, 2.75) is 32.7 Å². The van der Waals surface area contributed by atoms with Crippen LogP contribution in [0.2, 0.25) is 0 Å². The van der Waals surface area contributed by atoms with E-state index in [-0.39, 0.29) is 11.9 Å². The predicted octanol–water partition coefficient (Wildman–Crippen LogP) is 2.54. The highest BCUT2D eigenvalue weighted by Gasteiger charge is 2.28. The Bertz CT molecular complexity index is 467. The predicted molar refractivity (Wildman–Crippen MR) is 76.3 cm³/mol. The van der Waals surface area contributed by atoms with E-state index in [9.17, 15) is 4.79 Å². The molecule has 0 aromatic heterocycles. The smallest absolute Gasteiger partial charge is 0.254 e. The minimum Gasteiger partial charge on any atom is -0.495 e. The van der Waals surface area contributed by atoms with E-state index < -0.39 is 0 Å². The first-order valence-corrected chi connectivity index (χ1v) is 6.77. The Kier molecular flexibility index (Phi) is 3.98. The average molecular weight is 262 g/mol. The molecule has 0 heterocycles. The quantitative estimate of drug-likeness (QED) is 0.830. The van der Waals surface area contributed by atoms with Gasteiger partial charge in [-0.2, -0.15) is 0 Å². The molecule has 0 radical (unpaired) electrons. The van der Waals surface area contributed by atoms with Gasteiger partial charge in [-0.25, -0.2) is 0 Å². The van der Waals surface area contributed by atoms with E-state index in [0.717, 1.165) is 6.54 Å². The molecule has 0 bridgehead atoms. The summed E-state index contributed by atoms with van der Waals surface area (Å²) in [6, 6.07) is 5.43. The number of carbonyl (C=O) groups is 1. The van der Waals surface area contributed by atoms with Crippen LogP contribution in [0.1, 0.15) is 37.0 Å². The number of methoxy groups -OCH3 is 1. The summed E-state index contributed by atoms with van der Waals surface area (Å²) in [7, 11) is 1.57.